The smallest absolute Gasteiger partial charge is 0.248 e. The van der Waals surface area contributed by atoms with Gasteiger partial charge in [0.15, 0.2) is 0 Å². The Hall–Kier alpha value is -1.47. The Morgan fingerprint density at radius 2 is 2.13 bits per heavy atom. The van der Waals surface area contributed by atoms with Gasteiger partial charge in [-0.1, -0.05) is 6.58 Å². The fourth-order valence-electron chi connectivity index (χ4n) is 1.49. The number of hydrogen-bond donors (Lipinski definition) is 1. The van der Waals surface area contributed by atoms with Crippen LogP contribution in [0.15, 0.2) is 12.3 Å². The van der Waals surface area contributed by atoms with Gasteiger partial charge in [-0.2, -0.15) is 0 Å². The van der Waals surface area contributed by atoms with Crippen LogP contribution in [0, 0.1) is 12.8 Å². The molecule has 4 heteroatoms. The van der Waals surface area contributed by atoms with Crippen molar-refractivity contribution in [2.24, 2.45) is 0 Å². The van der Waals surface area contributed by atoms with E-state index in [1.54, 1.807) is 4.90 Å². The maximum absolute atomic E-state index is 11.1. The van der Waals surface area contributed by atoms with Crippen molar-refractivity contribution in [1.29, 1.82) is 0 Å². The summed E-state index contributed by atoms with van der Waals surface area (Å²) in [5, 5.41) is 8.66. The second kappa shape index (κ2) is 6.91. The number of nitrogens with zero attached hydrogens (tertiary/aromatic N) is 2. The SMILES string of the molecule is C#C.C=C1CN(C(=O)CO)CCN1CC. The third-order valence-corrected chi connectivity index (χ3v) is 2.33. The third kappa shape index (κ3) is 3.64. The Labute approximate surface area is 91.2 Å². The summed E-state index contributed by atoms with van der Waals surface area (Å²) in [4.78, 5) is 14.9. The van der Waals surface area contributed by atoms with E-state index in [1.165, 1.54) is 0 Å². The monoisotopic (exact) mass is 210 g/mol. The molecule has 0 radical (unpaired) electrons. The molecule has 1 amide bonds. The van der Waals surface area contributed by atoms with Crippen LogP contribution in [0.2, 0.25) is 0 Å². The molecule has 0 spiro atoms. The van der Waals surface area contributed by atoms with E-state index in [2.05, 4.69) is 31.2 Å². The van der Waals surface area contributed by atoms with Crippen molar-refractivity contribution < 1.29 is 9.90 Å². The van der Waals surface area contributed by atoms with Crippen molar-refractivity contribution in [3.8, 4) is 12.8 Å². The first kappa shape index (κ1) is 13.5. The Bertz CT molecular complexity index is 248. The highest BCUT2D eigenvalue weighted by Gasteiger charge is 2.21. The average molecular weight is 210 g/mol. The molecule has 4 nitrogen and oxygen atoms in total. The number of hydrogen-bond acceptors (Lipinski definition) is 3. The van der Waals surface area contributed by atoms with Crippen LogP contribution in [0.25, 0.3) is 0 Å². The first-order valence-corrected chi connectivity index (χ1v) is 4.83. The van der Waals surface area contributed by atoms with Gasteiger partial charge in [0.1, 0.15) is 6.61 Å². The number of carbonyl (C=O) groups is 1. The lowest BCUT2D eigenvalue weighted by Gasteiger charge is -2.36. The molecule has 1 rings (SSSR count). The number of aliphatic hydroxyl groups is 1. The molecule has 0 aromatic heterocycles. The topological polar surface area (TPSA) is 43.8 Å². The summed E-state index contributed by atoms with van der Waals surface area (Å²) >= 11 is 0. The lowest BCUT2D eigenvalue weighted by atomic mass is 10.2. The average Bonchev–Trinajstić information content (AvgIpc) is 2.30. The predicted octanol–water partition coefficient (Wildman–Crippen LogP) is -0.0941. The molecule has 0 bridgehead atoms. The number of rotatable bonds is 2. The maximum atomic E-state index is 11.1. The number of carbonyl (C=O) groups excluding carboxylic acids is 1. The van der Waals surface area contributed by atoms with Gasteiger partial charge in [-0.05, 0) is 6.92 Å². The molecule has 0 aliphatic carbocycles. The van der Waals surface area contributed by atoms with Crippen LogP contribution in [0.4, 0.5) is 0 Å². The fourth-order valence-corrected chi connectivity index (χ4v) is 1.49. The molecule has 1 N–H and O–H groups in total. The van der Waals surface area contributed by atoms with Gasteiger partial charge >= 0.3 is 0 Å². The summed E-state index contributed by atoms with van der Waals surface area (Å²) in [6.45, 7) is 8.53. The van der Waals surface area contributed by atoms with Gasteiger partial charge < -0.3 is 14.9 Å². The molecule has 1 fully saturated rings. The third-order valence-electron chi connectivity index (χ3n) is 2.33. The molecule has 0 unspecified atom stereocenters. The molecule has 0 saturated carbocycles. The molecule has 1 aliphatic rings. The summed E-state index contributed by atoms with van der Waals surface area (Å²) in [6, 6.07) is 0. The normalized spacial score (nSPS) is 15.6. The number of amides is 1. The second-order valence-electron chi connectivity index (χ2n) is 3.12. The van der Waals surface area contributed by atoms with Crippen LogP contribution in [0.3, 0.4) is 0 Å². The van der Waals surface area contributed by atoms with Crippen LogP contribution in [-0.4, -0.2) is 53.6 Å². The minimum atomic E-state index is -0.403. The number of likely N-dealkylation sites (N-methyl/N-ethyl adjacent to an activating group) is 1. The van der Waals surface area contributed by atoms with Gasteiger partial charge in [0.25, 0.3) is 0 Å². The Morgan fingerprint density at radius 1 is 1.53 bits per heavy atom. The lowest BCUT2D eigenvalue weighted by Crippen LogP contribution is -2.47. The van der Waals surface area contributed by atoms with Gasteiger partial charge in [-0.25, -0.2) is 0 Å². The van der Waals surface area contributed by atoms with Crippen LogP contribution < -0.4 is 0 Å². The molecule has 1 aliphatic heterocycles. The van der Waals surface area contributed by atoms with Crippen LogP contribution in [-0.2, 0) is 4.79 Å². The van der Waals surface area contributed by atoms with E-state index in [0.29, 0.717) is 13.1 Å². The maximum Gasteiger partial charge on any atom is 0.248 e. The van der Waals surface area contributed by atoms with E-state index < -0.39 is 6.61 Å². The van der Waals surface area contributed by atoms with Gasteiger partial charge in [0.2, 0.25) is 5.91 Å². The number of aliphatic hydroxyl groups excluding tert-OH is 1. The summed E-state index contributed by atoms with van der Waals surface area (Å²) in [6.07, 6.45) is 8.00. The Morgan fingerprint density at radius 3 is 2.53 bits per heavy atom. The highest BCUT2D eigenvalue weighted by molar-refractivity contribution is 5.77. The summed E-state index contributed by atoms with van der Waals surface area (Å²) in [7, 11) is 0. The molecule has 0 aromatic rings. The van der Waals surface area contributed by atoms with Crippen LogP contribution in [0.1, 0.15) is 6.92 Å². The first-order chi connectivity index (χ1) is 7.19. The van der Waals surface area contributed by atoms with Crippen molar-refractivity contribution in [3.63, 3.8) is 0 Å². The van der Waals surface area contributed by atoms with Gasteiger partial charge in [0, 0.05) is 25.3 Å². The minimum absolute atomic E-state index is 0.211. The van der Waals surface area contributed by atoms with Crippen molar-refractivity contribution in [2.45, 2.75) is 6.92 Å². The molecular weight excluding hydrogens is 192 g/mol. The molecule has 84 valence electrons. The number of piperazine rings is 1. The zero-order valence-electron chi connectivity index (χ0n) is 9.15. The molecule has 1 saturated heterocycles. The van der Waals surface area contributed by atoms with Crippen molar-refractivity contribution in [2.75, 3.05) is 32.8 Å². The van der Waals surface area contributed by atoms with Gasteiger partial charge in [-0.15, -0.1) is 12.8 Å². The van der Waals surface area contributed by atoms with E-state index in [0.717, 1.165) is 18.8 Å². The second-order valence-corrected chi connectivity index (χ2v) is 3.12. The quantitative estimate of drug-likeness (QED) is 0.648. The van der Waals surface area contributed by atoms with E-state index in [4.69, 9.17) is 5.11 Å². The first-order valence-electron chi connectivity index (χ1n) is 4.83. The molecule has 0 aromatic carbocycles. The van der Waals surface area contributed by atoms with E-state index in [1.807, 2.05) is 0 Å². The molecule has 15 heavy (non-hydrogen) atoms. The zero-order valence-corrected chi connectivity index (χ0v) is 9.15. The summed E-state index contributed by atoms with van der Waals surface area (Å²) in [5.41, 5.74) is 0.954. The van der Waals surface area contributed by atoms with Gasteiger partial charge in [0.05, 0.1) is 6.54 Å². The van der Waals surface area contributed by atoms with E-state index >= 15 is 0 Å². The predicted molar refractivity (Wildman–Crippen MR) is 59.9 cm³/mol. The largest absolute Gasteiger partial charge is 0.387 e. The number of terminal acetylenes is 1. The van der Waals surface area contributed by atoms with E-state index in [-0.39, 0.29) is 5.91 Å². The summed E-state index contributed by atoms with van der Waals surface area (Å²) in [5.74, 6) is -0.211. The van der Waals surface area contributed by atoms with Crippen molar-refractivity contribution in [3.05, 3.63) is 12.3 Å². The standard InChI is InChI=1S/C9H16N2O2.C2H2/c1-3-10-4-5-11(6-8(10)2)9(13)7-12;1-2/h12H,2-7H2,1H3;1-2H. The minimum Gasteiger partial charge on any atom is -0.387 e. The Kier molecular flexibility index (Phi) is 6.23. The molecule has 1 heterocycles. The van der Waals surface area contributed by atoms with Gasteiger partial charge in [-0.3, -0.25) is 4.79 Å². The van der Waals surface area contributed by atoms with Crippen molar-refractivity contribution >= 4 is 5.91 Å². The summed E-state index contributed by atoms with van der Waals surface area (Å²) < 4.78 is 0. The highest BCUT2D eigenvalue weighted by Crippen LogP contribution is 2.10. The molecular formula is C11H18N2O2. The zero-order chi connectivity index (χ0) is 11.8. The van der Waals surface area contributed by atoms with Crippen LogP contribution in [0.5, 0.6) is 0 Å². The van der Waals surface area contributed by atoms with Crippen LogP contribution >= 0.6 is 0 Å². The highest BCUT2D eigenvalue weighted by atomic mass is 16.3. The van der Waals surface area contributed by atoms with E-state index in [9.17, 15) is 4.79 Å². The molecule has 0 atom stereocenters. The Balaban J connectivity index is 0.000000921. The fraction of sp³-hybridized carbons (Fsp3) is 0.545. The van der Waals surface area contributed by atoms with Crippen molar-refractivity contribution in [1.82, 2.24) is 9.80 Å². The lowest BCUT2D eigenvalue weighted by molar-refractivity contribution is -0.135.